The summed E-state index contributed by atoms with van der Waals surface area (Å²) in [5.41, 5.74) is 0. The van der Waals surface area contributed by atoms with E-state index >= 15 is 0 Å². The topological polar surface area (TPSA) is 0 Å². The zero-order valence-electron chi connectivity index (χ0n) is 18.4. The maximum absolute atomic E-state index is 4.27. The lowest BCUT2D eigenvalue weighted by molar-refractivity contribution is 0.519. The quantitative estimate of drug-likeness (QED) is 0.122. The Balaban J connectivity index is 2.95. The van der Waals surface area contributed by atoms with Crippen molar-refractivity contribution in [2.75, 3.05) is 6.16 Å². The van der Waals surface area contributed by atoms with Crippen molar-refractivity contribution in [1.82, 2.24) is 0 Å². The lowest BCUT2D eigenvalue weighted by atomic mass is 10.0. The van der Waals surface area contributed by atoms with Gasteiger partial charge in [-0.05, 0) is 21.8 Å². The lowest BCUT2D eigenvalue weighted by Gasteiger charge is -2.04. The van der Waals surface area contributed by atoms with E-state index in [4.69, 9.17) is 0 Å². The van der Waals surface area contributed by atoms with Crippen molar-refractivity contribution in [2.45, 2.75) is 155 Å². The van der Waals surface area contributed by atoms with Gasteiger partial charge in [0.15, 0.2) is 0 Å². The van der Waals surface area contributed by atoms with Crippen LogP contribution in [-0.4, -0.2) is 6.16 Å². The van der Waals surface area contributed by atoms with Gasteiger partial charge >= 0.3 is 0 Å². The zero-order valence-corrected chi connectivity index (χ0v) is 19.3. The minimum Gasteiger partial charge on any atom is -0.0654 e. The van der Waals surface area contributed by atoms with E-state index in [1.165, 1.54) is 148 Å². The van der Waals surface area contributed by atoms with Gasteiger partial charge in [-0.25, -0.2) is 0 Å². The van der Waals surface area contributed by atoms with Gasteiger partial charge in [-0.3, -0.25) is 0 Å². The minimum absolute atomic E-state index is 1.07. The molecule has 0 N–H and O–H groups in total. The summed E-state index contributed by atoms with van der Waals surface area (Å²) in [6.07, 6.45) is 34.7. The summed E-state index contributed by atoms with van der Waals surface area (Å²) in [4.78, 5) is 0. The van der Waals surface area contributed by atoms with Crippen molar-refractivity contribution in [2.24, 2.45) is 0 Å². The summed E-state index contributed by atoms with van der Waals surface area (Å²) in [5, 5.41) is 0. The van der Waals surface area contributed by atoms with E-state index < -0.39 is 0 Å². The Morgan fingerprint density at radius 2 is 0.500 bits per heavy atom. The van der Waals surface area contributed by atoms with Crippen LogP contribution in [0, 0.1) is 0 Å². The van der Waals surface area contributed by atoms with E-state index in [0.29, 0.717) is 0 Å². The largest absolute Gasteiger partial charge is 0.0654 e. The highest BCUT2D eigenvalue weighted by molar-refractivity contribution is 7.16. The van der Waals surface area contributed by atoms with Gasteiger partial charge in [0, 0.05) is 0 Å². The molecule has 0 bridgehead atoms. The van der Waals surface area contributed by atoms with Crippen molar-refractivity contribution < 1.29 is 0 Å². The average Bonchev–Trinajstić information content (AvgIpc) is 2.66. The van der Waals surface area contributed by atoms with Crippen LogP contribution < -0.4 is 0 Å². The summed E-state index contributed by atoms with van der Waals surface area (Å²) in [5.74, 6) is 0. The fourth-order valence-corrected chi connectivity index (χ4v) is 4.12. The molecule has 0 aliphatic carbocycles. The first kappa shape index (κ1) is 26.4. The molecule has 26 heavy (non-hydrogen) atoms. The molecule has 0 aliphatic rings. The van der Waals surface area contributed by atoms with E-state index in [9.17, 15) is 0 Å². The molecule has 0 nitrogen and oxygen atoms in total. The molecule has 2 radical (unpaired) electrons. The molecule has 0 aromatic heterocycles. The zero-order chi connectivity index (χ0) is 19.0. The summed E-state index contributed by atoms with van der Waals surface area (Å²) < 4.78 is 0. The fraction of sp³-hybridized carbons (Fsp3) is 1.00. The van der Waals surface area contributed by atoms with Gasteiger partial charge in [0.1, 0.15) is 0 Å². The summed E-state index contributed by atoms with van der Waals surface area (Å²) in [7, 11) is 4.27. The van der Waals surface area contributed by atoms with E-state index in [-0.39, 0.29) is 0 Å². The first-order valence-electron chi connectivity index (χ1n) is 12.5. The molecule has 0 heterocycles. The monoisotopic (exact) mass is 382 g/mol. The molecular weight excluding hydrogens is 331 g/mol. The second-order valence-corrected chi connectivity index (χ2v) is 8.95. The van der Waals surface area contributed by atoms with Gasteiger partial charge in [0.25, 0.3) is 0 Å². The molecule has 0 atom stereocenters. The molecule has 0 aromatic carbocycles. The molecule has 156 valence electrons. The van der Waals surface area contributed by atoms with Crippen LogP contribution in [0.1, 0.15) is 155 Å². The molecule has 0 unspecified atom stereocenters. The molecule has 0 aromatic rings. The van der Waals surface area contributed by atoms with Gasteiger partial charge < -0.3 is 0 Å². The van der Waals surface area contributed by atoms with E-state index in [0.717, 1.165) is 6.16 Å². The molecule has 0 saturated heterocycles. The van der Waals surface area contributed by atoms with Gasteiger partial charge in [-0.2, -0.15) is 0 Å². The summed E-state index contributed by atoms with van der Waals surface area (Å²) >= 11 is 0. The normalized spacial score (nSPS) is 11.3. The lowest BCUT2D eigenvalue weighted by Crippen LogP contribution is -1.84. The predicted molar refractivity (Wildman–Crippen MR) is 124 cm³/mol. The standard InChI is InChI=1S/C25H51P/c1-2-3-4-5-6-7-8-9-10-11-12-13-14-15-16-17-18-19-20-21-22-23-24-25-26/h2-25H2,1H3. The van der Waals surface area contributed by atoms with Gasteiger partial charge in [0.2, 0.25) is 0 Å². The van der Waals surface area contributed by atoms with Crippen molar-refractivity contribution in [3.63, 3.8) is 0 Å². The molecule has 0 saturated carbocycles. The van der Waals surface area contributed by atoms with Crippen LogP contribution in [0.25, 0.3) is 0 Å². The smallest absolute Gasteiger partial charge is 0.0242 e. The van der Waals surface area contributed by atoms with Crippen LogP contribution in [0.2, 0.25) is 0 Å². The highest BCUT2D eigenvalue weighted by Crippen LogP contribution is 2.15. The fourth-order valence-electron chi connectivity index (χ4n) is 3.90. The third kappa shape index (κ3) is 24.4. The van der Waals surface area contributed by atoms with Crippen LogP contribution in [0.3, 0.4) is 0 Å². The molecular formula is C25H51P. The highest BCUT2D eigenvalue weighted by Gasteiger charge is 1.95. The first-order valence-corrected chi connectivity index (χ1v) is 13.2. The Labute approximate surface area is 170 Å². The minimum atomic E-state index is 1.07. The third-order valence-corrected chi connectivity index (χ3v) is 6.08. The maximum atomic E-state index is 4.27. The molecule has 1 heteroatoms. The van der Waals surface area contributed by atoms with Crippen LogP contribution in [0.15, 0.2) is 0 Å². The van der Waals surface area contributed by atoms with Gasteiger partial charge in [-0.1, -0.05) is 148 Å². The van der Waals surface area contributed by atoms with E-state index in [1.54, 1.807) is 0 Å². The van der Waals surface area contributed by atoms with Crippen molar-refractivity contribution in [3.05, 3.63) is 0 Å². The molecule has 0 spiro atoms. The Bertz CT molecular complexity index is 202. The number of unbranched alkanes of at least 4 members (excludes halogenated alkanes) is 22. The third-order valence-electron chi connectivity index (χ3n) is 5.76. The van der Waals surface area contributed by atoms with E-state index in [2.05, 4.69) is 16.2 Å². The van der Waals surface area contributed by atoms with Gasteiger partial charge in [0.05, 0.1) is 0 Å². The van der Waals surface area contributed by atoms with Crippen molar-refractivity contribution in [3.8, 4) is 0 Å². The summed E-state index contributed by atoms with van der Waals surface area (Å²) in [6, 6.07) is 0. The number of hydrogen-bond donors (Lipinski definition) is 0. The molecule has 0 rings (SSSR count). The van der Waals surface area contributed by atoms with Crippen LogP contribution in [-0.2, 0) is 0 Å². The van der Waals surface area contributed by atoms with Crippen molar-refractivity contribution >= 4 is 9.24 Å². The van der Waals surface area contributed by atoms with Crippen LogP contribution in [0.5, 0.6) is 0 Å². The highest BCUT2D eigenvalue weighted by atomic mass is 31.0. The van der Waals surface area contributed by atoms with Crippen molar-refractivity contribution in [1.29, 1.82) is 0 Å². The second kappa shape index (κ2) is 25.4. The Morgan fingerprint density at radius 3 is 0.692 bits per heavy atom. The molecule has 0 aliphatic heterocycles. The maximum Gasteiger partial charge on any atom is -0.0242 e. The second-order valence-electron chi connectivity index (χ2n) is 8.50. The Hall–Kier alpha value is 0.430. The first-order chi connectivity index (χ1) is 12.9. The Kier molecular flexibility index (Phi) is 25.9. The number of hydrogen-bond acceptors (Lipinski definition) is 0. The van der Waals surface area contributed by atoms with Crippen LogP contribution in [0.4, 0.5) is 0 Å². The predicted octanol–water partition coefficient (Wildman–Crippen LogP) is 10.4. The summed E-state index contributed by atoms with van der Waals surface area (Å²) in [6.45, 7) is 2.30. The molecule has 0 fully saturated rings. The average molecular weight is 383 g/mol. The number of rotatable bonds is 23. The van der Waals surface area contributed by atoms with E-state index in [1.807, 2.05) is 0 Å². The van der Waals surface area contributed by atoms with Crippen LogP contribution >= 0.6 is 9.24 Å². The van der Waals surface area contributed by atoms with Gasteiger partial charge in [-0.15, -0.1) is 0 Å². The molecule has 0 amide bonds. The SMILES string of the molecule is CCCCCCCCCCCCCCCCCCCCCCCCC[P]. The Morgan fingerprint density at radius 1 is 0.308 bits per heavy atom.